The lowest BCUT2D eigenvalue weighted by atomic mass is 10.0. The van der Waals surface area contributed by atoms with Crippen molar-refractivity contribution in [1.82, 2.24) is 0 Å². The minimum atomic E-state index is 0.0383. The molecule has 0 bridgehead atoms. The van der Waals surface area contributed by atoms with Crippen molar-refractivity contribution in [1.29, 1.82) is 5.39 Å². The van der Waals surface area contributed by atoms with Crippen LogP contribution < -0.4 is 4.74 Å². The predicted molar refractivity (Wildman–Crippen MR) is 72.2 cm³/mol. The number of carbonyl (C=O) groups excluding carboxylic acids is 1. The topological polar surface area (TPSA) is 54.5 Å². The van der Waals surface area contributed by atoms with Crippen LogP contribution >= 0.6 is 0 Å². The van der Waals surface area contributed by atoms with Crippen molar-refractivity contribution in [3.63, 3.8) is 0 Å². The molecule has 0 aliphatic rings. The molecular formula is C15H13N2O2+. The molecular weight excluding hydrogens is 240 g/mol. The molecule has 0 aliphatic heterocycles. The second-order valence-electron chi connectivity index (χ2n) is 4.07. The Labute approximate surface area is 111 Å². The second kappa shape index (κ2) is 5.78. The van der Waals surface area contributed by atoms with Gasteiger partial charge in [0.1, 0.15) is 0 Å². The molecule has 2 rings (SSSR count). The highest BCUT2D eigenvalue weighted by Gasteiger charge is 2.16. The predicted octanol–water partition coefficient (Wildman–Crippen LogP) is 3.61. The molecule has 94 valence electrons. The average molecular weight is 253 g/mol. The Balaban J connectivity index is 2.21. The molecule has 0 N–H and O–H groups in total. The smallest absolute Gasteiger partial charge is 0.426 e. The number of methoxy groups -OCH3 is 1. The molecule has 0 atom stereocenters. The van der Waals surface area contributed by atoms with E-state index in [1.54, 1.807) is 30.3 Å². The number of ketones is 1. The summed E-state index contributed by atoms with van der Waals surface area (Å²) in [6.45, 7) is 0. The molecule has 19 heavy (non-hydrogen) atoms. The SMILES string of the molecule is COc1cc(CC(=O)c2ccccc2)ccc1[N+]#N. The number of rotatable bonds is 4. The summed E-state index contributed by atoms with van der Waals surface area (Å²) in [5.41, 5.74) is 1.84. The lowest BCUT2D eigenvalue weighted by molar-refractivity contribution is 0.0993. The van der Waals surface area contributed by atoms with Crippen molar-refractivity contribution in [2.75, 3.05) is 7.11 Å². The fourth-order valence-electron chi connectivity index (χ4n) is 1.83. The van der Waals surface area contributed by atoms with Gasteiger partial charge in [0.05, 0.1) is 7.11 Å². The van der Waals surface area contributed by atoms with Crippen molar-refractivity contribution in [2.45, 2.75) is 6.42 Å². The summed E-state index contributed by atoms with van der Waals surface area (Å²) in [6.07, 6.45) is 0.284. The number of diazo groups is 1. The summed E-state index contributed by atoms with van der Waals surface area (Å²) in [6, 6.07) is 14.2. The van der Waals surface area contributed by atoms with Crippen molar-refractivity contribution in [3.05, 3.63) is 64.6 Å². The van der Waals surface area contributed by atoms with E-state index >= 15 is 0 Å². The van der Waals surface area contributed by atoms with Gasteiger partial charge in [-0.2, -0.15) is 0 Å². The highest BCUT2D eigenvalue weighted by Crippen LogP contribution is 2.28. The number of nitrogens with zero attached hydrogens (tertiary/aromatic N) is 2. The Hall–Kier alpha value is -2.67. The van der Waals surface area contributed by atoms with E-state index in [2.05, 4.69) is 4.98 Å². The lowest BCUT2D eigenvalue weighted by Crippen LogP contribution is -2.03. The van der Waals surface area contributed by atoms with Gasteiger partial charge in [-0.15, -0.1) is 0 Å². The van der Waals surface area contributed by atoms with Gasteiger partial charge in [0.25, 0.3) is 0 Å². The summed E-state index contributed by atoms with van der Waals surface area (Å²) < 4.78 is 5.10. The zero-order valence-electron chi connectivity index (χ0n) is 10.5. The Kier molecular flexibility index (Phi) is 3.89. The fourth-order valence-corrected chi connectivity index (χ4v) is 1.83. The number of carbonyl (C=O) groups is 1. The van der Waals surface area contributed by atoms with Gasteiger partial charge in [0, 0.05) is 18.1 Å². The van der Waals surface area contributed by atoms with E-state index < -0.39 is 0 Å². The van der Waals surface area contributed by atoms with Crippen LogP contribution in [-0.2, 0) is 6.42 Å². The van der Waals surface area contributed by atoms with Gasteiger partial charge in [-0.1, -0.05) is 36.4 Å². The van der Waals surface area contributed by atoms with Gasteiger partial charge in [-0.3, -0.25) is 4.79 Å². The van der Waals surface area contributed by atoms with Gasteiger partial charge in [-0.05, 0) is 11.6 Å². The molecule has 0 fully saturated rings. The largest absolute Gasteiger partial charge is 0.489 e. The molecule has 0 spiro atoms. The van der Waals surface area contributed by atoms with Crippen LogP contribution in [0.3, 0.4) is 0 Å². The molecule has 0 amide bonds. The number of hydrogen-bond donors (Lipinski definition) is 0. The lowest BCUT2D eigenvalue weighted by Gasteiger charge is -2.02. The van der Waals surface area contributed by atoms with Crippen molar-refractivity contribution in [3.8, 4) is 5.75 Å². The van der Waals surface area contributed by atoms with Crippen LogP contribution in [0.1, 0.15) is 15.9 Å². The maximum absolute atomic E-state index is 12.1. The molecule has 2 aromatic rings. The average Bonchev–Trinajstić information content (AvgIpc) is 2.48. The summed E-state index contributed by atoms with van der Waals surface area (Å²) in [5, 5.41) is 8.78. The number of benzene rings is 2. The van der Waals surface area contributed by atoms with Crippen molar-refractivity contribution >= 4 is 11.5 Å². The van der Waals surface area contributed by atoms with Crippen molar-refractivity contribution in [2.24, 2.45) is 0 Å². The minimum Gasteiger partial charge on any atom is -0.489 e. The van der Waals surface area contributed by atoms with E-state index in [9.17, 15) is 4.79 Å². The van der Waals surface area contributed by atoms with E-state index in [1.807, 2.05) is 18.2 Å². The van der Waals surface area contributed by atoms with Crippen LogP contribution in [0.2, 0.25) is 0 Å². The standard InChI is InChI=1S/C15H13N2O2/c1-19-15-10-11(7-8-13(15)17-16)9-14(18)12-5-3-2-4-6-12/h2-8,10H,9H2,1H3/q+1. The number of ether oxygens (including phenoxy) is 1. The quantitative estimate of drug-likeness (QED) is 0.617. The first-order valence-electron chi connectivity index (χ1n) is 5.85. The van der Waals surface area contributed by atoms with Gasteiger partial charge >= 0.3 is 5.69 Å². The van der Waals surface area contributed by atoms with E-state index in [4.69, 9.17) is 10.1 Å². The van der Waals surface area contributed by atoms with Crippen LogP contribution in [0.25, 0.3) is 4.98 Å². The number of Topliss-reactive ketones (excluding diaryl/α,β-unsaturated/α-hetero) is 1. The molecule has 0 saturated heterocycles. The van der Waals surface area contributed by atoms with Crippen LogP contribution in [0.5, 0.6) is 5.75 Å². The fraction of sp³-hybridized carbons (Fsp3) is 0.133. The number of hydrogen-bond acceptors (Lipinski definition) is 3. The molecule has 0 unspecified atom stereocenters. The normalized spacial score (nSPS) is 9.68. The van der Waals surface area contributed by atoms with Crippen LogP contribution in [0.4, 0.5) is 5.69 Å². The van der Waals surface area contributed by atoms with Gasteiger partial charge in [0.15, 0.2) is 10.8 Å². The van der Waals surface area contributed by atoms with E-state index in [1.165, 1.54) is 7.11 Å². The van der Waals surface area contributed by atoms with E-state index in [0.717, 1.165) is 5.56 Å². The summed E-state index contributed by atoms with van der Waals surface area (Å²) in [7, 11) is 1.49. The summed E-state index contributed by atoms with van der Waals surface area (Å²) in [4.78, 5) is 15.2. The molecule has 0 saturated carbocycles. The maximum Gasteiger partial charge on any atom is 0.426 e. The Morgan fingerprint density at radius 3 is 2.58 bits per heavy atom. The van der Waals surface area contributed by atoms with Gasteiger partial charge in [0.2, 0.25) is 11.1 Å². The zero-order valence-corrected chi connectivity index (χ0v) is 10.5. The Bertz CT molecular complexity index is 630. The van der Waals surface area contributed by atoms with E-state index in [-0.39, 0.29) is 12.2 Å². The van der Waals surface area contributed by atoms with Crippen LogP contribution in [0, 0.1) is 5.39 Å². The zero-order chi connectivity index (χ0) is 13.7. The van der Waals surface area contributed by atoms with Gasteiger partial charge < -0.3 is 4.74 Å². The first-order valence-corrected chi connectivity index (χ1v) is 5.85. The first-order chi connectivity index (χ1) is 9.24. The Morgan fingerprint density at radius 1 is 1.21 bits per heavy atom. The van der Waals surface area contributed by atoms with Gasteiger partial charge in [-0.25, -0.2) is 0 Å². The highest BCUT2D eigenvalue weighted by atomic mass is 16.5. The second-order valence-corrected chi connectivity index (χ2v) is 4.07. The highest BCUT2D eigenvalue weighted by molar-refractivity contribution is 5.97. The molecule has 0 aliphatic carbocycles. The van der Waals surface area contributed by atoms with Crippen molar-refractivity contribution < 1.29 is 9.53 Å². The minimum absolute atomic E-state index is 0.0383. The van der Waals surface area contributed by atoms with Crippen LogP contribution in [0.15, 0.2) is 48.5 Å². The third-order valence-electron chi connectivity index (χ3n) is 2.81. The third-order valence-corrected chi connectivity index (χ3v) is 2.81. The first kappa shape index (κ1) is 12.8. The monoisotopic (exact) mass is 253 g/mol. The summed E-state index contributed by atoms with van der Waals surface area (Å²) >= 11 is 0. The summed E-state index contributed by atoms with van der Waals surface area (Å²) in [5.74, 6) is 0.484. The Morgan fingerprint density at radius 2 is 1.95 bits per heavy atom. The molecule has 4 nitrogen and oxygen atoms in total. The van der Waals surface area contributed by atoms with Crippen LogP contribution in [-0.4, -0.2) is 12.9 Å². The maximum atomic E-state index is 12.1. The molecule has 0 radical (unpaired) electrons. The molecule has 0 heterocycles. The molecule has 2 aromatic carbocycles. The molecule has 0 aromatic heterocycles. The third kappa shape index (κ3) is 2.96. The molecule has 4 heteroatoms. The van der Waals surface area contributed by atoms with E-state index in [0.29, 0.717) is 17.0 Å².